The van der Waals surface area contributed by atoms with Crippen LogP contribution in [0.3, 0.4) is 0 Å². The maximum absolute atomic E-state index is 3.87. The lowest BCUT2D eigenvalue weighted by Crippen LogP contribution is -2.44. The van der Waals surface area contributed by atoms with Gasteiger partial charge in [0.05, 0.1) is 0 Å². The maximum atomic E-state index is 3.87. The summed E-state index contributed by atoms with van der Waals surface area (Å²) in [4.78, 5) is 0. The summed E-state index contributed by atoms with van der Waals surface area (Å²) in [6.07, 6.45) is 9.10. The summed E-state index contributed by atoms with van der Waals surface area (Å²) < 4.78 is 0.540. The van der Waals surface area contributed by atoms with Gasteiger partial charge in [0.15, 0.2) is 0 Å². The van der Waals surface area contributed by atoms with Crippen molar-refractivity contribution in [1.82, 2.24) is 5.32 Å². The van der Waals surface area contributed by atoms with E-state index in [4.69, 9.17) is 0 Å². The van der Waals surface area contributed by atoms with E-state index in [2.05, 4.69) is 54.5 Å². The predicted molar refractivity (Wildman–Crippen MR) is 84.9 cm³/mol. The molecule has 1 aromatic carbocycles. The van der Waals surface area contributed by atoms with Crippen molar-refractivity contribution in [1.29, 1.82) is 0 Å². The number of fused-ring (bicyclic) bond motifs is 1. The van der Waals surface area contributed by atoms with Crippen LogP contribution in [0.15, 0.2) is 24.3 Å². The van der Waals surface area contributed by atoms with Gasteiger partial charge in [0, 0.05) is 17.3 Å². The molecule has 2 heteroatoms. The van der Waals surface area contributed by atoms with E-state index in [1.807, 2.05) is 0 Å². The monoisotopic (exact) mass is 275 g/mol. The molecule has 1 nitrogen and oxygen atoms in total. The van der Waals surface area contributed by atoms with Crippen LogP contribution >= 0.6 is 11.8 Å². The molecule has 0 amide bonds. The highest BCUT2D eigenvalue weighted by Gasteiger charge is 2.36. The van der Waals surface area contributed by atoms with Crippen LogP contribution in [0.1, 0.15) is 62.1 Å². The quantitative estimate of drug-likeness (QED) is 0.868. The Morgan fingerprint density at radius 1 is 1.21 bits per heavy atom. The van der Waals surface area contributed by atoms with Crippen molar-refractivity contribution in [2.75, 3.05) is 12.8 Å². The number of hydrogen-bond acceptors (Lipinski definition) is 2. The predicted octanol–water partition coefficient (Wildman–Crippen LogP) is 4.50. The molecule has 0 spiro atoms. The van der Waals surface area contributed by atoms with Crippen molar-refractivity contribution in [3.05, 3.63) is 35.4 Å². The summed E-state index contributed by atoms with van der Waals surface area (Å²) in [5.74, 6) is 0.729. The van der Waals surface area contributed by atoms with Gasteiger partial charge in [-0.1, -0.05) is 37.6 Å². The fourth-order valence-corrected chi connectivity index (χ4v) is 4.47. The van der Waals surface area contributed by atoms with E-state index in [-0.39, 0.29) is 0 Å². The van der Waals surface area contributed by atoms with Gasteiger partial charge < -0.3 is 5.32 Å². The summed E-state index contributed by atoms with van der Waals surface area (Å²) in [7, 11) is 0. The maximum Gasteiger partial charge on any atom is 0.0323 e. The molecule has 1 fully saturated rings. The smallest absolute Gasteiger partial charge is 0.0323 e. The van der Waals surface area contributed by atoms with E-state index in [1.165, 1.54) is 38.6 Å². The molecular weight excluding hydrogens is 250 g/mol. The zero-order valence-corrected chi connectivity index (χ0v) is 12.9. The van der Waals surface area contributed by atoms with Gasteiger partial charge in [-0.05, 0) is 49.0 Å². The molecule has 1 aromatic rings. The molecular formula is C17H25NS. The Labute approximate surface area is 121 Å². The van der Waals surface area contributed by atoms with Gasteiger partial charge in [-0.25, -0.2) is 0 Å². The molecule has 0 saturated heterocycles. The van der Waals surface area contributed by atoms with Crippen molar-refractivity contribution >= 4 is 11.8 Å². The largest absolute Gasteiger partial charge is 0.309 e. The third-order valence-electron chi connectivity index (χ3n) is 5.16. The Bertz CT molecular complexity index is 433. The first-order chi connectivity index (χ1) is 9.24. The Hall–Kier alpha value is -0.470. The van der Waals surface area contributed by atoms with E-state index in [9.17, 15) is 0 Å². The van der Waals surface area contributed by atoms with Crippen LogP contribution in [0.25, 0.3) is 0 Å². The van der Waals surface area contributed by atoms with Gasteiger partial charge in [-0.3, -0.25) is 0 Å². The Kier molecular flexibility index (Phi) is 3.91. The number of hydrogen-bond donors (Lipinski definition) is 1. The minimum atomic E-state index is 0.540. The highest BCUT2D eigenvalue weighted by atomic mass is 32.2. The number of rotatable bonds is 4. The highest BCUT2D eigenvalue weighted by Crippen LogP contribution is 2.43. The molecule has 2 aliphatic rings. The fraction of sp³-hybridized carbons (Fsp3) is 0.647. The lowest BCUT2D eigenvalue weighted by molar-refractivity contribution is 0.318. The van der Waals surface area contributed by atoms with E-state index in [0.717, 1.165) is 5.92 Å². The summed E-state index contributed by atoms with van der Waals surface area (Å²) in [6, 6.07) is 9.61. The van der Waals surface area contributed by atoms with Crippen LogP contribution in [0.5, 0.6) is 0 Å². The summed E-state index contributed by atoms with van der Waals surface area (Å²) in [6.45, 7) is 3.55. The van der Waals surface area contributed by atoms with Gasteiger partial charge in [0.2, 0.25) is 0 Å². The minimum absolute atomic E-state index is 0.540. The first kappa shape index (κ1) is 13.5. The first-order valence-electron chi connectivity index (χ1n) is 7.61. The Balaban J connectivity index is 1.71. The SMILES string of the molecule is CSC1(CNC2CCC(C)c3ccccc32)CCC1. The van der Waals surface area contributed by atoms with Crippen molar-refractivity contribution in [2.24, 2.45) is 0 Å². The summed E-state index contributed by atoms with van der Waals surface area (Å²) in [5.41, 5.74) is 3.12. The van der Waals surface area contributed by atoms with Crippen molar-refractivity contribution in [2.45, 2.75) is 55.7 Å². The fourth-order valence-electron chi connectivity index (χ4n) is 3.55. The zero-order chi connectivity index (χ0) is 13.3. The van der Waals surface area contributed by atoms with Crippen LogP contribution in [0.2, 0.25) is 0 Å². The van der Waals surface area contributed by atoms with E-state index in [1.54, 1.807) is 11.1 Å². The zero-order valence-electron chi connectivity index (χ0n) is 12.1. The third kappa shape index (κ3) is 2.57. The molecule has 0 heterocycles. The molecule has 0 radical (unpaired) electrons. The van der Waals surface area contributed by atoms with Gasteiger partial charge >= 0.3 is 0 Å². The molecule has 19 heavy (non-hydrogen) atoms. The Morgan fingerprint density at radius 2 is 1.95 bits per heavy atom. The number of benzene rings is 1. The van der Waals surface area contributed by atoms with Gasteiger partial charge in [0.1, 0.15) is 0 Å². The van der Waals surface area contributed by atoms with Crippen molar-refractivity contribution in [3.63, 3.8) is 0 Å². The van der Waals surface area contributed by atoms with Crippen molar-refractivity contribution < 1.29 is 0 Å². The van der Waals surface area contributed by atoms with Crippen LogP contribution < -0.4 is 5.32 Å². The topological polar surface area (TPSA) is 12.0 Å². The van der Waals surface area contributed by atoms with Crippen LogP contribution in [-0.2, 0) is 0 Å². The summed E-state index contributed by atoms with van der Waals surface area (Å²) >= 11 is 2.07. The molecule has 2 unspecified atom stereocenters. The lowest BCUT2D eigenvalue weighted by Gasteiger charge is -2.42. The number of nitrogens with one attached hydrogen (secondary N) is 1. The molecule has 2 atom stereocenters. The van der Waals surface area contributed by atoms with Crippen molar-refractivity contribution in [3.8, 4) is 0 Å². The lowest BCUT2D eigenvalue weighted by atomic mass is 9.80. The number of thioether (sulfide) groups is 1. The molecule has 0 aromatic heterocycles. The standard InChI is InChI=1S/C17H25NS/c1-13-8-9-16(15-7-4-3-6-14(13)15)18-12-17(19-2)10-5-11-17/h3-4,6-7,13,16,18H,5,8-12H2,1-2H3. The van der Waals surface area contributed by atoms with Gasteiger partial charge in [-0.2, -0.15) is 11.8 Å². The van der Waals surface area contributed by atoms with Gasteiger partial charge in [-0.15, -0.1) is 0 Å². The second kappa shape index (κ2) is 5.49. The Morgan fingerprint density at radius 3 is 2.58 bits per heavy atom. The molecule has 104 valence electrons. The second-order valence-corrected chi connectivity index (χ2v) is 7.56. The molecule has 3 rings (SSSR count). The van der Waals surface area contributed by atoms with E-state index < -0.39 is 0 Å². The highest BCUT2D eigenvalue weighted by molar-refractivity contribution is 8.00. The normalized spacial score (nSPS) is 28.5. The average molecular weight is 275 g/mol. The second-order valence-electron chi connectivity index (χ2n) is 6.28. The van der Waals surface area contributed by atoms with Crippen LogP contribution in [0, 0.1) is 0 Å². The minimum Gasteiger partial charge on any atom is -0.309 e. The first-order valence-corrected chi connectivity index (χ1v) is 8.84. The molecule has 0 bridgehead atoms. The molecule has 2 aliphatic carbocycles. The van der Waals surface area contributed by atoms with Crippen LogP contribution in [0.4, 0.5) is 0 Å². The third-order valence-corrected chi connectivity index (χ3v) is 6.58. The van der Waals surface area contributed by atoms with Crippen LogP contribution in [-0.4, -0.2) is 17.5 Å². The molecule has 0 aliphatic heterocycles. The molecule has 1 N–H and O–H groups in total. The molecule has 1 saturated carbocycles. The van der Waals surface area contributed by atoms with Gasteiger partial charge in [0.25, 0.3) is 0 Å². The summed E-state index contributed by atoms with van der Waals surface area (Å²) in [5, 5.41) is 3.87. The van der Waals surface area contributed by atoms with E-state index >= 15 is 0 Å². The average Bonchev–Trinajstić information content (AvgIpc) is 2.41. The van der Waals surface area contributed by atoms with E-state index in [0.29, 0.717) is 10.8 Å².